The standard InChI is InChI=1S/C16H13F2N3O3.C5H11N/c1-3-24-16(23)10-7-9-8(2)20-21(14(9)19-15(10)22)13-11(17)5-4-6-12(13)18;1-2-4-6-5-3-1/h4-7H,3H2,1-2H3,(H,19,22);6H,1-5H2. The lowest BCUT2D eigenvalue weighted by atomic mass is 10.2. The molecule has 1 aliphatic heterocycles. The molecule has 1 aromatic carbocycles. The Morgan fingerprint density at radius 2 is 1.87 bits per heavy atom. The fourth-order valence-corrected chi connectivity index (χ4v) is 3.23. The fraction of sp³-hybridized carbons (Fsp3) is 0.381. The average molecular weight is 418 g/mol. The molecule has 30 heavy (non-hydrogen) atoms. The van der Waals surface area contributed by atoms with Gasteiger partial charge in [0.25, 0.3) is 5.56 Å². The van der Waals surface area contributed by atoms with Crippen molar-refractivity contribution in [1.82, 2.24) is 20.1 Å². The maximum atomic E-state index is 14.0. The number of pyridine rings is 1. The van der Waals surface area contributed by atoms with Gasteiger partial charge in [-0.2, -0.15) is 5.10 Å². The number of aromatic amines is 1. The molecule has 2 aromatic heterocycles. The first-order chi connectivity index (χ1) is 14.4. The predicted molar refractivity (Wildman–Crippen MR) is 109 cm³/mol. The number of para-hydroxylation sites is 1. The number of nitrogens with one attached hydrogen (secondary N) is 2. The minimum Gasteiger partial charge on any atom is -0.462 e. The molecular weight excluding hydrogens is 394 g/mol. The van der Waals surface area contributed by atoms with E-state index in [9.17, 15) is 18.4 Å². The summed E-state index contributed by atoms with van der Waals surface area (Å²) >= 11 is 0. The van der Waals surface area contributed by atoms with E-state index >= 15 is 0 Å². The zero-order valence-electron chi connectivity index (χ0n) is 16.9. The van der Waals surface area contributed by atoms with Gasteiger partial charge in [0.15, 0.2) is 11.6 Å². The van der Waals surface area contributed by atoms with Gasteiger partial charge in [0.05, 0.1) is 12.3 Å². The molecule has 7 nitrogen and oxygen atoms in total. The molecule has 0 spiro atoms. The number of H-pyrrole nitrogens is 1. The van der Waals surface area contributed by atoms with Crippen LogP contribution in [0.25, 0.3) is 16.7 Å². The van der Waals surface area contributed by atoms with E-state index in [2.05, 4.69) is 15.4 Å². The van der Waals surface area contributed by atoms with Crippen molar-refractivity contribution < 1.29 is 18.3 Å². The Labute approximate surface area is 172 Å². The largest absolute Gasteiger partial charge is 0.462 e. The van der Waals surface area contributed by atoms with Gasteiger partial charge < -0.3 is 15.0 Å². The number of aromatic nitrogens is 3. The number of aryl methyl sites for hydroxylation is 1. The molecule has 0 unspecified atom stereocenters. The van der Waals surface area contributed by atoms with E-state index in [4.69, 9.17) is 4.74 Å². The molecule has 2 N–H and O–H groups in total. The van der Waals surface area contributed by atoms with Gasteiger partial charge in [-0.1, -0.05) is 12.5 Å². The first kappa shape index (κ1) is 21.6. The third-order valence-corrected chi connectivity index (χ3v) is 4.72. The number of hydrogen-bond acceptors (Lipinski definition) is 5. The molecule has 9 heteroatoms. The van der Waals surface area contributed by atoms with Crippen LogP contribution in [0.3, 0.4) is 0 Å². The van der Waals surface area contributed by atoms with Crippen molar-refractivity contribution in [2.24, 2.45) is 0 Å². The highest BCUT2D eigenvalue weighted by molar-refractivity contribution is 5.93. The minimum absolute atomic E-state index is 0.0922. The van der Waals surface area contributed by atoms with Gasteiger partial charge in [-0.3, -0.25) is 4.79 Å². The van der Waals surface area contributed by atoms with Crippen LogP contribution in [0, 0.1) is 18.6 Å². The molecule has 3 aromatic rings. The molecule has 0 aliphatic carbocycles. The minimum atomic E-state index is -0.824. The zero-order valence-corrected chi connectivity index (χ0v) is 16.9. The number of rotatable bonds is 3. The first-order valence-electron chi connectivity index (χ1n) is 9.89. The fourth-order valence-electron chi connectivity index (χ4n) is 3.23. The highest BCUT2D eigenvalue weighted by atomic mass is 19.1. The molecule has 0 radical (unpaired) electrons. The molecule has 1 fully saturated rings. The van der Waals surface area contributed by atoms with Crippen molar-refractivity contribution in [3.05, 3.63) is 57.5 Å². The average Bonchev–Trinajstić information content (AvgIpc) is 3.04. The third-order valence-electron chi connectivity index (χ3n) is 4.72. The van der Waals surface area contributed by atoms with Crippen LogP contribution >= 0.6 is 0 Å². The highest BCUT2D eigenvalue weighted by Crippen LogP contribution is 2.23. The maximum Gasteiger partial charge on any atom is 0.343 e. The SMILES string of the molecule is C1CCNCC1.CCOC(=O)c1cc2c(C)nn(-c3c(F)cccc3F)c2[nH]c1=O. The number of ether oxygens (including phenoxy) is 1. The van der Waals surface area contributed by atoms with Gasteiger partial charge in [0.2, 0.25) is 0 Å². The van der Waals surface area contributed by atoms with Gasteiger partial charge in [0, 0.05) is 5.39 Å². The number of esters is 1. The summed E-state index contributed by atoms with van der Waals surface area (Å²) in [5.41, 5.74) is -0.834. The Hall–Kier alpha value is -3.07. The van der Waals surface area contributed by atoms with Gasteiger partial charge in [-0.25, -0.2) is 18.3 Å². The number of carbonyl (C=O) groups excluding carboxylic acids is 1. The Morgan fingerprint density at radius 3 is 2.40 bits per heavy atom. The van der Waals surface area contributed by atoms with Gasteiger partial charge >= 0.3 is 5.97 Å². The summed E-state index contributed by atoms with van der Waals surface area (Å²) in [4.78, 5) is 26.4. The van der Waals surface area contributed by atoms with Gasteiger partial charge in [-0.05, 0) is 58.0 Å². The Bertz CT molecular complexity index is 1070. The Morgan fingerprint density at radius 1 is 1.20 bits per heavy atom. The summed E-state index contributed by atoms with van der Waals surface area (Å²) in [7, 11) is 0. The van der Waals surface area contributed by atoms with E-state index in [0.717, 1.165) is 16.8 Å². The number of fused-ring (bicyclic) bond motifs is 1. The van der Waals surface area contributed by atoms with Crippen molar-refractivity contribution in [3.63, 3.8) is 0 Å². The lowest BCUT2D eigenvalue weighted by Crippen LogP contribution is -2.21. The molecule has 3 heterocycles. The van der Waals surface area contributed by atoms with Crippen LogP contribution in [0.2, 0.25) is 0 Å². The number of nitrogens with zero attached hydrogens (tertiary/aromatic N) is 2. The van der Waals surface area contributed by atoms with Crippen LogP contribution in [0.4, 0.5) is 8.78 Å². The number of benzene rings is 1. The second kappa shape index (κ2) is 9.62. The van der Waals surface area contributed by atoms with E-state index in [0.29, 0.717) is 11.1 Å². The molecule has 1 aliphatic rings. The summed E-state index contributed by atoms with van der Waals surface area (Å²) in [6.07, 6.45) is 4.22. The van der Waals surface area contributed by atoms with E-state index < -0.39 is 28.9 Å². The van der Waals surface area contributed by atoms with Crippen LogP contribution < -0.4 is 10.9 Å². The first-order valence-corrected chi connectivity index (χ1v) is 9.89. The number of halogens is 2. The van der Waals surface area contributed by atoms with Crippen molar-refractivity contribution in [1.29, 1.82) is 0 Å². The van der Waals surface area contributed by atoms with E-state index in [1.165, 1.54) is 44.5 Å². The molecule has 0 saturated carbocycles. The summed E-state index contributed by atoms with van der Waals surface area (Å²) in [5, 5.41) is 7.76. The molecule has 1 saturated heterocycles. The summed E-state index contributed by atoms with van der Waals surface area (Å²) < 4.78 is 33.8. The smallest absolute Gasteiger partial charge is 0.343 e. The van der Waals surface area contributed by atoms with Crippen LogP contribution in [0.15, 0.2) is 29.1 Å². The molecule has 0 amide bonds. The monoisotopic (exact) mass is 418 g/mol. The van der Waals surface area contributed by atoms with Crippen LogP contribution in [0.1, 0.15) is 42.2 Å². The van der Waals surface area contributed by atoms with Crippen LogP contribution in [-0.4, -0.2) is 40.4 Å². The van der Waals surface area contributed by atoms with Crippen molar-refractivity contribution in [3.8, 4) is 5.69 Å². The predicted octanol–water partition coefficient (Wildman–Crippen LogP) is 3.24. The van der Waals surface area contributed by atoms with Crippen molar-refractivity contribution in [2.45, 2.75) is 33.1 Å². The normalized spacial score (nSPS) is 13.6. The molecule has 0 bridgehead atoms. The maximum absolute atomic E-state index is 14.0. The quantitative estimate of drug-likeness (QED) is 0.638. The molecule has 160 valence electrons. The van der Waals surface area contributed by atoms with Crippen molar-refractivity contribution in [2.75, 3.05) is 19.7 Å². The van der Waals surface area contributed by atoms with Gasteiger partial charge in [-0.15, -0.1) is 0 Å². The number of carbonyl (C=O) groups is 1. The van der Waals surface area contributed by atoms with Crippen LogP contribution in [0.5, 0.6) is 0 Å². The molecule has 0 atom stereocenters. The number of piperidine rings is 1. The summed E-state index contributed by atoms with van der Waals surface area (Å²) in [5.74, 6) is -2.42. The topological polar surface area (TPSA) is 89.0 Å². The summed E-state index contributed by atoms with van der Waals surface area (Å²) in [6, 6.07) is 4.72. The van der Waals surface area contributed by atoms with Gasteiger partial charge in [0.1, 0.15) is 16.9 Å². The van der Waals surface area contributed by atoms with Crippen molar-refractivity contribution >= 4 is 17.0 Å². The second-order valence-electron chi connectivity index (χ2n) is 6.87. The Kier molecular flexibility index (Phi) is 6.94. The lowest BCUT2D eigenvalue weighted by Gasteiger charge is -2.08. The molecular formula is C21H24F2N4O3. The zero-order chi connectivity index (χ0) is 21.7. The summed E-state index contributed by atoms with van der Waals surface area (Å²) in [6.45, 7) is 5.84. The van der Waals surface area contributed by atoms with E-state index in [-0.39, 0.29) is 17.8 Å². The Balaban J connectivity index is 0.000000367. The number of hydrogen-bond donors (Lipinski definition) is 2. The third kappa shape index (κ3) is 4.56. The van der Waals surface area contributed by atoms with E-state index in [1.54, 1.807) is 13.8 Å². The second-order valence-corrected chi connectivity index (χ2v) is 6.87. The van der Waals surface area contributed by atoms with Crippen LogP contribution in [-0.2, 0) is 4.74 Å². The van der Waals surface area contributed by atoms with E-state index in [1.807, 2.05) is 0 Å². The highest BCUT2D eigenvalue weighted by Gasteiger charge is 2.20. The lowest BCUT2D eigenvalue weighted by molar-refractivity contribution is 0.0524. The molecule has 4 rings (SSSR count).